The summed E-state index contributed by atoms with van der Waals surface area (Å²) in [6.07, 6.45) is 3.36. The molecular weight excluding hydrogens is 550 g/mol. The lowest BCUT2D eigenvalue weighted by atomic mass is 9.52. The number of phenolic OH excluding ortho intramolecular Hbond substituents is 1. The molecule has 0 bridgehead atoms. The van der Waals surface area contributed by atoms with Crippen LogP contribution in [0.25, 0.3) is 0 Å². The Bertz CT molecular complexity index is 1360. The monoisotopic (exact) mass is 587 g/mol. The molecule has 5 rings (SSSR count). The van der Waals surface area contributed by atoms with Gasteiger partial charge in [-0.15, -0.1) is 0 Å². The lowest BCUT2D eigenvalue weighted by Crippen LogP contribution is -2.74. The zero-order valence-electron chi connectivity index (χ0n) is 23.9. The van der Waals surface area contributed by atoms with Crippen molar-refractivity contribution in [1.29, 1.82) is 0 Å². The molecule has 1 saturated heterocycles. The molecule has 0 spiro atoms. The number of aromatic hydroxyl groups is 1. The largest absolute Gasteiger partial charge is 0.507 e. The lowest BCUT2D eigenvalue weighted by molar-refractivity contribution is -0.181. The van der Waals surface area contributed by atoms with Crippen molar-refractivity contribution in [3.05, 3.63) is 27.8 Å². The number of nitrogens with zero attached hydrogens (tertiary/aromatic N) is 2. The first-order chi connectivity index (χ1) is 19.2. The minimum absolute atomic E-state index is 0.00708. The molecule has 2 unspecified atom stereocenters. The summed E-state index contributed by atoms with van der Waals surface area (Å²) >= 11 is 6.90. The number of amides is 1. The Morgan fingerprint density at radius 1 is 1.17 bits per heavy atom. The standard InChI is InChI=1S/C30H38ClN3O7/c1-5-29(6-2)7-8-34(13-29)12-15-11-18(35)20-16(22(15)31)9-14-10-17-23(33(3)4)25(37)21(28(32)40)27(39)30(17,41)26(38)19(14)24(20)36/h11,14,17,19,21,23,35,41H,5-10,12-13H2,1-4H3,(H2,32,40)/t14-,17-,19?,21?,23-,30-/m0/s1. The molecule has 222 valence electrons. The average molecular weight is 588 g/mol. The molecule has 3 aliphatic carbocycles. The molecule has 3 fully saturated rings. The Kier molecular flexibility index (Phi) is 7.46. The van der Waals surface area contributed by atoms with Gasteiger partial charge in [0.25, 0.3) is 0 Å². The van der Waals surface area contributed by atoms with Crippen LogP contribution in [0.4, 0.5) is 0 Å². The van der Waals surface area contributed by atoms with E-state index < -0.39 is 64.4 Å². The minimum atomic E-state index is -2.74. The Balaban J connectivity index is 1.53. The number of likely N-dealkylation sites (N-methyl/N-ethyl adjacent to an activating group) is 1. The van der Waals surface area contributed by atoms with Crippen molar-refractivity contribution in [3.8, 4) is 5.75 Å². The number of halogens is 1. The van der Waals surface area contributed by atoms with Gasteiger partial charge in [0.1, 0.15) is 5.75 Å². The number of aliphatic hydroxyl groups is 1. The summed E-state index contributed by atoms with van der Waals surface area (Å²) in [5.41, 5.74) is 3.91. The van der Waals surface area contributed by atoms with Gasteiger partial charge in [-0.25, -0.2) is 0 Å². The topological polar surface area (TPSA) is 158 Å². The zero-order chi connectivity index (χ0) is 30.2. The van der Waals surface area contributed by atoms with E-state index in [0.29, 0.717) is 22.7 Å². The van der Waals surface area contributed by atoms with Gasteiger partial charge in [-0.1, -0.05) is 25.4 Å². The van der Waals surface area contributed by atoms with Crippen LogP contribution >= 0.6 is 11.6 Å². The third kappa shape index (κ3) is 4.28. The number of Topliss-reactive ketones (excluding diaryl/α,β-unsaturated/α-hetero) is 4. The quantitative estimate of drug-likeness (QED) is 0.420. The molecule has 6 atom stereocenters. The van der Waals surface area contributed by atoms with Crippen LogP contribution in [0.1, 0.15) is 61.0 Å². The van der Waals surface area contributed by atoms with E-state index in [9.17, 15) is 34.2 Å². The van der Waals surface area contributed by atoms with Gasteiger partial charge in [0.2, 0.25) is 5.91 Å². The Morgan fingerprint density at radius 3 is 2.39 bits per heavy atom. The highest BCUT2D eigenvalue weighted by atomic mass is 35.5. The van der Waals surface area contributed by atoms with Crippen LogP contribution in [0.2, 0.25) is 5.02 Å². The van der Waals surface area contributed by atoms with Crippen molar-refractivity contribution in [2.24, 2.45) is 34.8 Å². The third-order valence-corrected chi connectivity index (χ3v) is 11.0. The number of nitrogens with two attached hydrogens (primary N) is 1. The maximum atomic E-state index is 13.9. The number of fused-ring (bicyclic) bond motifs is 3. The second-order valence-corrected chi connectivity index (χ2v) is 13.1. The van der Waals surface area contributed by atoms with E-state index in [2.05, 4.69) is 18.7 Å². The fraction of sp³-hybridized carbons (Fsp3) is 0.633. The van der Waals surface area contributed by atoms with Gasteiger partial charge >= 0.3 is 0 Å². The number of likely N-dealkylation sites (tertiary alicyclic amines) is 1. The van der Waals surface area contributed by atoms with Crippen molar-refractivity contribution < 1.29 is 34.2 Å². The summed E-state index contributed by atoms with van der Waals surface area (Å²) < 4.78 is 0. The molecule has 2 saturated carbocycles. The molecule has 1 aromatic carbocycles. The number of rotatable bonds is 6. The molecule has 4 aliphatic rings. The number of hydrogen-bond acceptors (Lipinski definition) is 9. The molecule has 1 heterocycles. The van der Waals surface area contributed by atoms with Crippen LogP contribution in [0, 0.1) is 29.1 Å². The molecule has 0 aromatic heterocycles. The van der Waals surface area contributed by atoms with E-state index in [1.54, 1.807) is 14.1 Å². The molecule has 1 aliphatic heterocycles. The highest BCUT2D eigenvalue weighted by Crippen LogP contribution is 2.52. The van der Waals surface area contributed by atoms with Crippen LogP contribution in [0.3, 0.4) is 0 Å². The lowest BCUT2D eigenvalue weighted by Gasteiger charge is -2.52. The average Bonchev–Trinajstić information content (AvgIpc) is 3.32. The number of ketones is 4. The highest BCUT2D eigenvalue weighted by molar-refractivity contribution is 6.34. The first-order valence-corrected chi connectivity index (χ1v) is 14.7. The molecule has 1 aromatic rings. The minimum Gasteiger partial charge on any atom is -0.507 e. The molecule has 0 radical (unpaired) electrons. The molecular formula is C30H38ClN3O7. The number of carbonyl (C=O) groups is 5. The van der Waals surface area contributed by atoms with Gasteiger partial charge in [-0.3, -0.25) is 33.8 Å². The van der Waals surface area contributed by atoms with E-state index >= 15 is 0 Å². The summed E-state index contributed by atoms with van der Waals surface area (Å²) in [6.45, 7) is 6.70. The van der Waals surface area contributed by atoms with E-state index in [4.69, 9.17) is 17.3 Å². The maximum Gasteiger partial charge on any atom is 0.235 e. The van der Waals surface area contributed by atoms with Gasteiger partial charge in [0.05, 0.1) is 17.5 Å². The molecule has 1 amide bonds. The molecule has 11 heteroatoms. The fourth-order valence-corrected chi connectivity index (χ4v) is 8.34. The molecule has 10 nitrogen and oxygen atoms in total. The number of carbonyl (C=O) groups excluding carboxylic acids is 5. The number of phenols is 1. The predicted molar refractivity (Wildman–Crippen MR) is 149 cm³/mol. The van der Waals surface area contributed by atoms with Gasteiger partial charge in [0.15, 0.2) is 34.7 Å². The van der Waals surface area contributed by atoms with Crippen LogP contribution in [0.5, 0.6) is 5.75 Å². The van der Waals surface area contributed by atoms with Crippen molar-refractivity contribution >= 4 is 40.6 Å². The van der Waals surface area contributed by atoms with Crippen LogP contribution in [-0.4, -0.2) is 87.9 Å². The molecule has 41 heavy (non-hydrogen) atoms. The van der Waals surface area contributed by atoms with Crippen LogP contribution in [-0.2, 0) is 32.1 Å². The smallest absolute Gasteiger partial charge is 0.235 e. The number of hydrogen-bond donors (Lipinski definition) is 3. The predicted octanol–water partition coefficient (Wildman–Crippen LogP) is 1.53. The SMILES string of the molecule is CCC1(CC)CCN(Cc2cc(O)c3c(c2Cl)C[C@H]2C[C@H]4[C@H](N(C)C)C(=O)C(C(N)=O)C(=O)[C@@]4(O)C(=O)C2C3=O)C1. The maximum absolute atomic E-state index is 13.9. The summed E-state index contributed by atoms with van der Waals surface area (Å²) in [5, 5.41) is 23.1. The van der Waals surface area contributed by atoms with Gasteiger partial charge < -0.3 is 15.9 Å². The Hall–Kier alpha value is -2.66. The second-order valence-electron chi connectivity index (χ2n) is 12.7. The van der Waals surface area contributed by atoms with E-state index in [1.807, 2.05) is 0 Å². The summed E-state index contributed by atoms with van der Waals surface area (Å²) in [5.74, 6) is -10.6. The molecule has 4 N–H and O–H groups in total. The van der Waals surface area contributed by atoms with Gasteiger partial charge in [-0.2, -0.15) is 0 Å². The van der Waals surface area contributed by atoms with Crippen LogP contribution in [0.15, 0.2) is 6.07 Å². The van der Waals surface area contributed by atoms with Crippen molar-refractivity contribution in [2.45, 2.75) is 64.1 Å². The van der Waals surface area contributed by atoms with Crippen LogP contribution < -0.4 is 5.73 Å². The first-order valence-electron chi connectivity index (χ1n) is 14.3. The third-order valence-electron chi connectivity index (χ3n) is 10.5. The number of primary amides is 1. The summed E-state index contributed by atoms with van der Waals surface area (Å²) in [7, 11) is 3.11. The number of benzene rings is 1. The van der Waals surface area contributed by atoms with E-state index in [-0.39, 0.29) is 29.6 Å². The second kappa shape index (κ2) is 10.3. The summed E-state index contributed by atoms with van der Waals surface area (Å²) in [4.78, 5) is 70.2. The first kappa shape index (κ1) is 29.8. The van der Waals surface area contributed by atoms with Gasteiger partial charge in [-0.05, 0) is 81.3 Å². The Labute approximate surface area is 244 Å². The van der Waals surface area contributed by atoms with E-state index in [1.165, 1.54) is 11.0 Å². The highest BCUT2D eigenvalue weighted by Gasteiger charge is 2.69. The van der Waals surface area contributed by atoms with Crippen molar-refractivity contribution in [1.82, 2.24) is 9.80 Å². The van der Waals surface area contributed by atoms with E-state index in [0.717, 1.165) is 32.4 Å². The van der Waals surface area contributed by atoms with Crippen molar-refractivity contribution in [3.63, 3.8) is 0 Å². The van der Waals surface area contributed by atoms with Gasteiger partial charge in [0, 0.05) is 24.0 Å². The normalized spacial score (nSPS) is 33.1. The summed E-state index contributed by atoms with van der Waals surface area (Å²) in [6, 6.07) is 0.330. The van der Waals surface area contributed by atoms with Crippen molar-refractivity contribution in [2.75, 3.05) is 27.2 Å². The zero-order valence-corrected chi connectivity index (χ0v) is 24.7. The fourth-order valence-electron chi connectivity index (χ4n) is 8.05. The Morgan fingerprint density at radius 2 is 1.83 bits per heavy atom.